The van der Waals surface area contributed by atoms with E-state index in [4.69, 9.17) is 11.5 Å². The number of primary amides is 1. The molecule has 0 aliphatic heterocycles. The molecule has 0 heterocycles. The molecule has 2 amide bonds. The molecule has 0 radical (unpaired) electrons. The van der Waals surface area contributed by atoms with Crippen molar-refractivity contribution in [2.24, 2.45) is 5.73 Å². The number of carbonyl (C=O) groups is 2. The van der Waals surface area contributed by atoms with Crippen molar-refractivity contribution >= 4 is 17.5 Å². The lowest BCUT2D eigenvalue weighted by Crippen LogP contribution is -2.33. The summed E-state index contributed by atoms with van der Waals surface area (Å²) < 4.78 is 0. The van der Waals surface area contributed by atoms with Crippen LogP contribution in [-0.4, -0.2) is 18.4 Å². The minimum Gasteiger partial charge on any atom is -0.399 e. The number of hydrogen-bond donors (Lipinski definition) is 3. The molecule has 0 saturated carbocycles. The molecule has 0 fully saturated rings. The Morgan fingerprint density at radius 1 is 1.21 bits per heavy atom. The molecular formula is C9H11N3O2. The van der Waals surface area contributed by atoms with Gasteiger partial charge in [0.2, 0.25) is 5.91 Å². The molecule has 0 atom stereocenters. The first kappa shape index (κ1) is 10.0. The van der Waals surface area contributed by atoms with Gasteiger partial charge >= 0.3 is 0 Å². The molecule has 5 N–H and O–H groups in total. The van der Waals surface area contributed by atoms with E-state index in [0.29, 0.717) is 11.3 Å². The lowest BCUT2D eigenvalue weighted by Gasteiger charge is -2.02. The maximum atomic E-state index is 11.3. The highest BCUT2D eigenvalue weighted by molar-refractivity contribution is 5.96. The summed E-state index contributed by atoms with van der Waals surface area (Å²) in [6, 6.07) is 6.37. The zero-order valence-electron chi connectivity index (χ0n) is 7.49. The molecule has 0 unspecified atom stereocenters. The lowest BCUT2D eigenvalue weighted by molar-refractivity contribution is -0.117. The molecule has 0 aliphatic carbocycles. The smallest absolute Gasteiger partial charge is 0.251 e. The molecule has 0 aromatic heterocycles. The first-order valence-electron chi connectivity index (χ1n) is 4.01. The number of anilines is 1. The number of nitrogens with one attached hydrogen (secondary N) is 1. The summed E-state index contributed by atoms with van der Waals surface area (Å²) in [6.07, 6.45) is 0. The van der Waals surface area contributed by atoms with Gasteiger partial charge < -0.3 is 16.8 Å². The van der Waals surface area contributed by atoms with Crippen LogP contribution in [0.2, 0.25) is 0 Å². The molecule has 0 saturated heterocycles. The zero-order valence-corrected chi connectivity index (χ0v) is 7.49. The molecular weight excluding hydrogens is 182 g/mol. The van der Waals surface area contributed by atoms with Crippen molar-refractivity contribution in [3.63, 3.8) is 0 Å². The average molecular weight is 193 g/mol. The van der Waals surface area contributed by atoms with Gasteiger partial charge in [0.25, 0.3) is 5.91 Å². The van der Waals surface area contributed by atoms with Crippen LogP contribution in [0.3, 0.4) is 0 Å². The number of nitrogen functional groups attached to an aromatic ring is 1. The second-order valence-corrected chi connectivity index (χ2v) is 2.77. The molecule has 14 heavy (non-hydrogen) atoms. The highest BCUT2D eigenvalue weighted by Crippen LogP contribution is 2.04. The fourth-order valence-corrected chi connectivity index (χ4v) is 0.904. The Balaban J connectivity index is 2.61. The quantitative estimate of drug-likeness (QED) is 0.563. The maximum absolute atomic E-state index is 11.3. The molecule has 0 bridgehead atoms. The fraction of sp³-hybridized carbons (Fsp3) is 0.111. The Morgan fingerprint density at radius 2 is 1.79 bits per heavy atom. The van der Waals surface area contributed by atoms with Crippen LogP contribution >= 0.6 is 0 Å². The summed E-state index contributed by atoms with van der Waals surface area (Å²) in [4.78, 5) is 21.7. The second-order valence-electron chi connectivity index (χ2n) is 2.77. The zero-order chi connectivity index (χ0) is 10.6. The first-order valence-corrected chi connectivity index (χ1v) is 4.01. The van der Waals surface area contributed by atoms with Gasteiger partial charge in [0, 0.05) is 11.3 Å². The van der Waals surface area contributed by atoms with E-state index in [1.807, 2.05) is 0 Å². The van der Waals surface area contributed by atoms with Gasteiger partial charge in [-0.1, -0.05) is 0 Å². The van der Waals surface area contributed by atoms with Crippen LogP contribution in [0.5, 0.6) is 0 Å². The van der Waals surface area contributed by atoms with Gasteiger partial charge in [0.1, 0.15) is 0 Å². The Hall–Kier alpha value is -2.04. The number of carbonyl (C=O) groups excluding carboxylic acids is 2. The van der Waals surface area contributed by atoms with Crippen molar-refractivity contribution in [3.8, 4) is 0 Å². The van der Waals surface area contributed by atoms with Crippen molar-refractivity contribution in [2.45, 2.75) is 0 Å². The van der Waals surface area contributed by atoms with Gasteiger partial charge in [-0.15, -0.1) is 0 Å². The topological polar surface area (TPSA) is 98.2 Å². The molecule has 5 heteroatoms. The van der Waals surface area contributed by atoms with Gasteiger partial charge in [-0.2, -0.15) is 0 Å². The molecule has 0 aliphatic rings. The number of rotatable bonds is 3. The van der Waals surface area contributed by atoms with E-state index in [0.717, 1.165) is 0 Å². The highest BCUT2D eigenvalue weighted by Gasteiger charge is 2.04. The summed E-state index contributed by atoms with van der Waals surface area (Å²) in [6.45, 7) is -0.163. The third-order valence-electron chi connectivity index (χ3n) is 1.60. The summed E-state index contributed by atoms with van der Waals surface area (Å²) in [5, 5.41) is 2.36. The molecule has 74 valence electrons. The van der Waals surface area contributed by atoms with Gasteiger partial charge in [0.05, 0.1) is 6.54 Å². The van der Waals surface area contributed by atoms with E-state index in [9.17, 15) is 9.59 Å². The third-order valence-corrected chi connectivity index (χ3v) is 1.60. The van der Waals surface area contributed by atoms with Gasteiger partial charge in [-0.25, -0.2) is 0 Å². The van der Waals surface area contributed by atoms with Gasteiger partial charge in [0.15, 0.2) is 0 Å². The van der Waals surface area contributed by atoms with Crippen LogP contribution in [0.25, 0.3) is 0 Å². The molecule has 1 rings (SSSR count). The van der Waals surface area contributed by atoms with Crippen LogP contribution in [0.1, 0.15) is 10.4 Å². The van der Waals surface area contributed by atoms with E-state index < -0.39 is 5.91 Å². The number of hydrogen-bond acceptors (Lipinski definition) is 3. The maximum Gasteiger partial charge on any atom is 0.251 e. The van der Waals surface area contributed by atoms with E-state index in [1.54, 1.807) is 24.3 Å². The Morgan fingerprint density at radius 3 is 2.29 bits per heavy atom. The van der Waals surface area contributed by atoms with E-state index in [-0.39, 0.29) is 12.5 Å². The standard InChI is InChI=1S/C9H11N3O2/c10-7-3-1-6(2-4-7)9(14)12-5-8(11)13/h1-4H,5,10H2,(H2,11,13)(H,12,14). The molecule has 1 aromatic rings. The minimum atomic E-state index is -0.575. The monoisotopic (exact) mass is 193 g/mol. The summed E-state index contributed by atoms with van der Waals surface area (Å²) in [5.41, 5.74) is 11.3. The average Bonchev–Trinajstić information content (AvgIpc) is 2.15. The van der Waals surface area contributed by atoms with E-state index >= 15 is 0 Å². The molecule has 1 aromatic carbocycles. The molecule has 5 nitrogen and oxygen atoms in total. The largest absolute Gasteiger partial charge is 0.399 e. The summed E-state index contributed by atoms with van der Waals surface area (Å²) >= 11 is 0. The van der Waals surface area contributed by atoms with Gasteiger partial charge in [-0.05, 0) is 24.3 Å². The van der Waals surface area contributed by atoms with Crippen LogP contribution < -0.4 is 16.8 Å². The Bertz CT molecular complexity index is 346. The molecule has 0 spiro atoms. The van der Waals surface area contributed by atoms with Crippen molar-refractivity contribution < 1.29 is 9.59 Å². The predicted molar refractivity (Wildman–Crippen MR) is 52.4 cm³/mol. The number of nitrogens with two attached hydrogens (primary N) is 2. The van der Waals surface area contributed by atoms with Gasteiger partial charge in [-0.3, -0.25) is 9.59 Å². The number of amides is 2. The van der Waals surface area contributed by atoms with Crippen molar-refractivity contribution in [1.29, 1.82) is 0 Å². The van der Waals surface area contributed by atoms with Crippen molar-refractivity contribution in [3.05, 3.63) is 29.8 Å². The summed E-state index contributed by atoms with van der Waals surface area (Å²) in [7, 11) is 0. The third kappa shape index (κ3) is 2.78. The van der Waals surface area contributed by atoms with E-state index in [2.05, 4.69) is 5.32 Å². The Labute approximate surface area is 81.1 Å². The Kier molecular flexibility index (Phi) is 3.06. The van der Waals surface area contributed by atoms with Crippen molar-refractivity contribution in [2.75, 3.05) is 12.3 Å². The van der Waals surface area contributed by atoms with Crippen molar-refractivity contribution in [1.82, 2.24) is 5.32 Å². The SMILES string of the molecule is NC(=O)CNC(=O)c1ccc(N)cc1. The van der Waals surface area contributed by atoms with Crippen LogP contribution in [0, 0.1) is 0 Å². The lowest BCUT2D eigenvalue weighted by atomic mass is 10.2. The predicted octanol–water partition coefficient (Wildman–Crippen LogP) is -0.516. The summed E-state index contributed by atoms with van der Waals surface area (Å²) in [5.74, 6) is -0.919. The normalized spacial score (nSPS) is 9.43. The minimum absolute atomic E-state index is 0.163. The second kappa shape index (κ2) is 4.27. The van der Waals surface area contributed by atoms with Crippen LogP contribution in [0.4, 0.5) is 5.69 Å². The first-order chi connectivity index (χ1) is 6.59. The van der Waals surface area contributed by atoms with E-state index in [1.165, 1.54) is 0 Å². The highest BCUT2D eigenvalue weighted by atomic mass is 16.2. The van der Waals surface area contributed by atoms with Crippen LogP contribution in [0.15, 0.2) is 24.3 Å². The fourth-order valence-electron chi connectivity index (χ4n) is 0.904. The number of benzene rings is 1. The van der Waals surface area contributed by atoms with Crippen LogP contribution in [-0.2, 0) is 4.79 Å².